The average Bonchev–Trinajstić information content (AvgIpc) is 1.76. The van der Waals surface area contributed by atoms with Crippen molar-refractivity contribution in [3.63, 3.8) is 0 Å². The zero-order valence-corrected chi connectivity index (χ0v) is 21.8. The molecule has 0 unspecified atom stereocenters. The van der Waals surface area contributed by atoms with Crippen molar-refractivity contribution >= 4 is 23.9 Å². The Kier molecular flexibility index (Phi) is 134. The van der Waals surface area contributed by atoms with E-state index in [0.717, 1.165) is 27.7 Å². The van der Waals surface area contributed by atoms with Crippen molar-refractivity contribution in [2.75, 3.05) is 0 Å². The fraction of sp³-hybridized carbons (Fsp3) is 0.500. The van der Waals surface area contributed by atoms with Crippen molar-refractivity contribution in [1.82, 2.24) is 0 Å². The van der Waals surface area contributed by atoms with Gasteiger partial charge in [-0.05, 0) is 27.7 Å². The van der Waals surface area contributed by atoms with Crippen molar-refractivity contribution < 1.29 is 163 Å². The van der Waals surface area contributed by atoms with E-state index in [1.54, 1.807) is 0 Å². The molecule has 0 aliphatic heterocycles. The summed E-state index contributed by atoms with van der Waals surface area (Å²) >= 11 is 0. The molecule has 0 bridgehead atoms. The summed E-state index contributed by atoms with van der Waals surface area (Å²) in [6, 6.07) is 0. The van der Waals surface area contributed by atoms with E-state index in [1.165, 1.54) is 0 Å². The van der Waals surface area contributed by atoms with Gasteiger partial charge in [-0.3, -0.25) is 0 Å². The van der Waals surface area contributed by atoms with Gasteiger partial charge in [0.25, 0.3) is 0 Å². The van der Waals surface area contributed by atoms with E-state index in [4.69, 9.17) is 39.6 Å². The number of carbonyl (C=O) groups excluding carboxylic acids is 4. The van der Waals surface area contributed by atoms with Crippen molar-refractivity contribution in [1.29, 1.82) is 0 Å². The van der Waals surface area contributed by atoms with Gasteiger partial charge in [-0.2, -0.15) is 0 Å². The van der Waals surface area contributed by atoms with E-state index in [1.807, 2.05) is 0 Å². The summed E-state index contributed by atoms with van der Waals surface area (Å²) < 4.78 is 0. The maximum absolute atomic E-state index is 8.89. The number of hydrogen-bond acceptors (Lipinski definition) is 8. The molecular weight excluding hydrogens is 332 g/mol. The summed E-state index contributed by atoms with van der Waals surface area (Å²) in [5, 5.41) is 35.6. The molecule has 0 aromatic carbocycles. The minimum atomic E-state index is -1.08. The molecule has 0 aliphatic carbocycles. The first-order valence-electron chi connectivity index (χ1n) is 3.63. The molecule has 0 aromatic heterocycles. The molecule has 0 aliphatic rings. The van der Waals surface area contributed by atoms with Crippen molar-refractivity contribution in [2.24, 2.45) is 0 Å². The van der Waals surface area contributed by atoms with E-state index in [-0.39, 0.29) is 124 Å². The van der Waals surface area contributed by atoms with Crippen LogP contribution >= 0.6 is 0 Å². The van der Waals surface area contributed by atoms with Gasteiger partial charge in [0.05, 0.1) is 0 Å². The molecule has 0 atom stereocenters. The van der Waals surface area contributed by atoms with Gasteiger partial charge in [0.2, 0.25) is 0 Å². The maximum Gasteiger partial charge on any atom is 1.00 e. The van der Waals surface area contributed by atoms with Crippen molar-refractivity contribution in [3.8, 4) is 0 Å². The van der Waals surface area contributed by atoms with E-state index in [2.05, 4.69) is 0 Å². The van der Waals surface area contributed by atoms with Crippen LogP contribution in [0.4, 0.5) is 0 Å². The number of carboxylic acids is 4. The Balaban J connectivity index is -0.0000000121. The van der Waals surface area contributed by atoms with Gasteiger partial charge in [0.15, 0.2) is 0 Å². The van der Waals surface area contributed by atoms with Crippen LogP contribution in [-0.2, 0) is 19.2 Å². The SMILES string of the molecule is CC(=O)[O-].CC(=O)[O-].CC(=O)[O-].CC(=O)[O-].O.[Na+].[Na+].[Na+].[Na+]. The van der Waals surface area contributed by atoms with Crippen LogP contribution in [0.15, 0.2) is 0 Å². The molecule has 0 spiro atoms. The van der Waals surface area contributed by atoms with Crippen LogP contribution in [0.5, 0.6) is 0 Å². The number of carboxylic acid groups (broad SMARTS) is 4. The van der Waals surface area contributed by atoms with Crippen LogP contribution in [0.1, 0.15) is 27.7 Å². The molecule has 0 saturated carbocycles. The monoisotopic (exact) mass is 346 g/mol. The molecule has 9 nitrogen and oxygen atoms in total. The van der Waals surface area contributed by atoms with Crippen LogP contribution in [-0.4, -0.2) is 29.4 Å². The first-order chi connectivity index (χ1) is 6.93. The summed E-state index contributed by atoms with van der Waals surface area (Å²) in [6.45, 7) is 3.89. The molecule has 13 heteroatoms. The van der Waals surface area contributed by atoms with E-state index >= 15 is 0 Å². The second-order valence-corrected chi connectivity index (χ2v) is 1.97. The molecule has 0 fully saturated rings. The van der Waals surface area contributed by atoms with Crippen LogP contribution in [0.2, 0.25) is 0 Å². The molecule has 0 amide bonds. The number of aliphatic carboxylic acids is 4. The topological polar surface area (TPSA) is 192 Å². The van der Waals surface area contributed by atoms with E-state index < -0.39 is 23.9 Å². The van der Waals surface area contributed by atoms with Gasteiger partial charge in [-0.15, -0.1) is 0 Å². The Morgan fingerprint density at radius 3 is 0.476 bits per heavy atom. The Morgan fingerprint density at radius 1 is 0.476 bits per heavy atom. The molecule has 0 heterocycles. The fourth-order valence-electron chi connectivity index (χ4n) is 0. The normalized spacial score (nSPS) is 4.76. The van der Waals surface area contributed by atoms with Crippen LogP contribution < -0.4 is 139 Å². The van der Waals surface area contributed by atoms with E-state index in [9.17, 15) is 0 Å². The Labute approximate surface area is 211 Å². The minimum Gasteiger partial charge on any atom is -0.550 e. The first kappa shape index (κ1) is 56.9. The third-order valence-corrected chi connectivity index (χ3v) is 0. The summed E-state index contributed by atoms with van der Waals surface area (Å²) in [5.41, 5.74) is 0. The predicted molar refractivity (Wildman–Crippen MR) is 46.3 cm³/mol. The van der Waals surface area contributed by atoms with Gasteiger partial charge >= 0.3 is 118 Å². The Morgan fingerprint density at radius 2 is 0.476 bits per heavy atom. The summed E-state index contributed by atoms with van der Waals surface area (Å²) in [7, 11) is 0. The largest absolute Gasteiger partial charge is 1.00 e. The van der Waals surface area contributed by atoms with Crippen molar-refractivity contribution in [3.05, 3.63) is 0 Å². The second-order valence-electron chi connectivity index (χ2n) is 1.97. The average molecular weight is 346 g/mol. The number of hydrogen-bond donors (Lipinski definition) is 0. The zero-order valence-electron chi connectivity index (χ0n) is 13.8. The molecule has 104 valence electrons. The standard InChI is InChI=1S/4C2H4O2.4Na.H2O/c4*1-2(3)4;;;;;/h4*1H3,(H,3,4);;;;;1H2/q;;;;4*+1;/p-4. The minimum absolute atomic E-state index is 0. The van der Waals surface area contributed by atoms with Crippen LogP contribution in [0.3, 0.4) is 0 Å². The maximum atomic E-state index is 8.89. The van der Waals surface area contributed by atoms with Gasteiger partial charge in [0.1, 0.15) is 0 Å². The second kappa shape index (κ2) is 49.5. The molecule has 0 aromatic rings. The smallest absolute Gasteiger partial charge is 0.550 e. The van der Waals surface area contributed by atoms with Crippen LogP contribution in [0.25, 0.3) is 0 Å². The zero-order chi connectivity index (χ0) is 14.3. The predicted octanol–water partition coefficient (Wildman–Crippen LogP) is -17.8. The molecule has 0 radical (unpaired) electrons. The van der Waals surface area contributed by atoms with Crippen molar-refractivity contribution in [2.45, 2.75) is 27.7 Å². The van der Waals surface area contributed by atoms with E-state index in [0.29, 0.717) is 0 Å². The van der Waals surface area contributed by atoms with Gasteiger partial charge in [0, 0.05) is 23.9 Å². The Bertz CT molecular complexity index is 172. The molecule has 2 N–H and O–H groups in total. The van der Waals surface area contributed by atoms with Gasteiger partial charge < -0.3 is 45.1 Å². The fourth-order valence-corrected chi connectivity index (χ4v) is 0. The van der Waals surface area contributed by atoms with Gasteiger partial charge in [-0.25, -0.2) is 0 Å². The quantitative estimate of drug-likeness (QED) is 0.386. The van der Waals surface area contributed by atoms with Crippen LogP contribution in [0, 0.1) is 0 Å². The Hall–Kier alpha value is 1.84. The summed E-state index contributed by atoms with van der Waals surface area (Å²) in [5.74, 6) is -4.33. The number of carbonyl (C=O) groups is 4. The molecule has 0 rings (SSSR count). The van der Waals surface area contributed by atoms with Gasteiger partial charge in [-0.1, -0.05) is 0 Å². The number of rotatable bonds is 0. The first-order valence-corrected chi connectivity index (χ1v) is 3.63. The summed E-state index contributed by atoms with van der Waals surface area (Å²) in [6.07, 6.45) is 0. The molecule has 21 heavy (non-hydrogen) atoms. The summed E-state index contributed by atoms with van der Waals surface area (Å²) in [4.78, 5) is 35.6. The third kappa shape index (κ3) is 2540. The third-order valence-electron chi connectivity index (χ3n) is 0. The molecule has 0 saturated heterocycles. The molecular formula is C8H14Na4O9.